The van der Waals surface area contributed by atoms with Crippen molar-refractivity contribution in [3.05, 3.63) is 163 Å². The Morgan fingerprint density at radius 3 is 1.81 bits per heavy atom. The van der Waals surface area contributed by atoms with Crippen molar-refractivity contribution in [2.75, 3.05) is 4.90 Å². The first-order chi connectivity index (χ1) is 20.5. The number of benzene rings is 5. The van der Waals surface area contributed by atoms with Gasteiger partial charge >= 0.3 is 0 Å². The summed E-state index contributed by atoms with van der Waals surface area (Å²) < 4.78 is 15.0. The largest absolute Gasteiger partial charge is 0.310 e. The fourth-order valence-corrected chi connectivity index (χ4v) is 8.81. The highest BCUT2D eigenvalue weighted by Gasteiger charge is 2.36. The van der Waals surface area contributed by atoms with Crippen LogP contribution in [0.3, 0.4) is 0 Å². The third-order valence-electron chi connectivity index (χ3n) is 8.38. The molecule has 1 aliphatic heterocycles. The van der Waals surface area contributed by atoms with Crippen LogP contribution in [0.15, 0.2) is 152 Å². The van der Waals surface area contributed by atoms with Crippen LogP contribution in [0.4, 0.5) is 17.1 Å². The fraction of sp³-hybridized carbons (Fsp3) is 0.0789. The zero-order chi connectivity index (χ0) is 28.7. The molecular weight excluding hydrogens is 531 g/mol. The topological polar surface area (TPSA) is 33.2 Å². The molecule has 204 valence electrons. The third kappa shape index (κ3) is 4.21. The van der Waals surface area contributed by atoms with Gasteiger partial charge in [0.05, 0.1) is 11.4 Å². The molecule has 0 fully saturated rings. The van der Waals surface area contributed by atoms with E-state index in [4.69, 9.17) is 0 Å². The zero-order valence-electron chi connectivity index (χ0n) is 23.7. The molecule has 1 aromatic heterocycles. The number of aromatic nitrogens is 1. The average molecular weight is 563 g/mol. The Balaban J connectivity index is 1.37. The summed E-state index contributed by atoms with van der Waals surface area (Å²) in [6.45, 7) is 4.60. The number of nitrogens with zero attached hydrogens (tertiary/aromatic N) is 2. The first-order valence-electron chi connectivity index (χ1n) is 14.3. The fourth-order valence-electron chi connectivity index (χ4n) is 6.24. The Morgan fingerprint density at radius 2 is 1.14 bits per heavy atom. The number of rotatable bonds is 5. The Hall–Kier alpha value is -4.72. The summed E-state index contributed by atoms with van der Waals surface area (Å²) in [5.41, 5.74) is 8.63. The lowest BCUT2D eigenvalue weighted by atomic mass is 9.73. The minimum Gasteiger partial charge on any atom is -0.310 e. The Labute approximate surface area is 247 Å². The lowest BCUT2D eigenvalue weighted by Gasteiger charge is -2.42. The van der Waals surface area contributed by atoms with Gasteiger partial charge in [-0.05, 0) is 64.7 Å². The van der Waals surface area contributed by atoms with Gasteiger partial charge in [-0.2, -0.15) is 0 Å². The summed E-state index contributed by atoms with van der Waals surface area (Å²) >= 11 is 0. The molecule has 0 saturated heterocycles. The molecule has 7 rings (SSSR count). The van der Waals surface area contributed by atoms with Crippen molar-refractivity contribution in [1.82, 2.24) is 4.98 Å². The molecule has 0 saturated carbocycles. The van der Waals surface area contributed by atoms with E-state index < -0.39 is 7.14 Å². The molecule has 1 aliphatic rings. The number of anilines is 3. The minimum absolute atomic E-state index is 0.111. The van der Waals surface area contributed by atoms with Crippen molar-refractivity contribution in [2.24, 2.45) is 0 Å². The first kappa shape index (κ1) is 26.2. The maximum absolute atomic E-state index is 15.0. The highest BCUT2D eigenvalue weighted by atomic mass is 31.2. The zero-order valence-corrected chi connectivity index (χ0v) is 24.6. The highest BCUT2D eigenvalue weighted by molar-refractivity contribution is 7.85. The van der Waals surface area contributed by atoms with E-state index in [0.717, 1.165) is 27.4 Å². The summed E-state index contributed by atoms with van der Waals surface area (Å²) in [6, 6.07) is 49.5. The van der Waals surface area contributed by atoms with Crippen LogP contribution in [0.5, 0.6) is 0 Å². The molecule has 3 nitrogen and oxygen atoms in total. The van der Waals surface area contributed by atoms with E-state index in [0.29, 0.717) is 5.44 Å². The van der Waals surface area contributed by atoms with Gasteiger partial charge in [-0.15, -0.1) is 0 Å². The van der Waals surface area contributed by atoms with E-state index in [-0.39, 0.29) is 5.41 Å². The van der Waals surface area contributed by atoms with Gasteiger partial charge in [0.25, 0.3) is 0 Å². The van der Waals surface area contributed by atoms with Crippen LogP contribution < -0.4 is 20.9 Å². The second kappa shape index (κ2) is 10.3. The van der Waals surface area contributed by atoms with E-state index >= 15 is 0 Å². The normalized spacial score (nSPS) is 14.9. The lowest BCUT2D eigenvalue weighted by Crippen LogP contribution is -2.30. The molecule has 0 radical (unpaired) electrons. The van der Waals surface area contributed by atoms with Crippen LogP contribution in [0.2, 0.25) is 0 Å². The quantitative estimate of drug-likeness (QED) is 0.198. The number of hydrogen-bond donors (Lipinski definition) is 0. The van der Waals surface area contributed by atoms with E-state index in [1.54, 1.807) is 6.20 Å². The maximum atomic E-state index is 15.0. The van der Waals surface area contributed by atoms with Gasteiger partial charge in [-0.3, -0.25) is 4.98 Å². The second-order valence-electron chi connectivity index (χ2n) is 11.2. The highest BCUT2D eigenvalue weighted by Crippen LogP contribution is 2.52. The number of fused-ring (bicyclic) bond motifs is 2. The maximum Gasteiger partial charge on any atom is 0.188 e. The van der Waals surface area contributed by atoms with Gasteiger partial charge < -0.3 is 9.46 Å². The molecule has 0 amide bonds. The van der Waals surface area contributed by atoms with Crippen molar-refractivity contribution >= 4 is 40.2 Å². The van der Waals surface area contributed by atoms with Crippen LogP contribution in [0.1, 0.15) is 25.0 Å². The molecule has 0 bridgehead atoms. The summed E-state index contributed by atoms with van der Waals surface area (Å²) in [7, 11) is -3.19. The van der Waals surface area contributed by atoms with E-state index in [2.05, 4.69) is 109 Å². The molecule has 5 aromatic carbocycles. The summed E-state index contributed by atoms with van der Waals surface area (Å²) in [6.07, 6.45) is 1.72. The van der Waals surface area contributed by atoms with Gasteiger partial charge in [-0.1, -0.05) is 117 Å². The smallest absolute Gasteiger partial charge is 0.188 e. The molecule has 0 N–H and O–H groups in total. The number of hydrogen-bond acceptors (Lipinski definition) is 3. The predicted octanol–water partition coefficient (Wildman–Crippen LogP) is 8.50. The van der Waals surface area contributed by atoms with E-state index in [1.165, 1.54) is 22.5 Å². The van der Waals surface area contributed by atoms with Gasteiger partial charge in [0.2, 0.25) is 0 Å². The van der Waals surface area contributed by atoms with Gasteiger partial charge in [0, 0.05) is 27.9 Å². The van der Waals surface area contributed by atoms with E-state index in [1.807, 2.05) is 60.7 Å². The van der Waals surface area contributed by atoms with Crippen molar-refractivity contribution in [1.29, 1.82) is 0 Å². The second-order valence-corrected chi connectivity index (χ2v) is 13.9. The lowest BCUT2D eigenvalue weighted by molar-refractivity contribution is 0.592. The van der Waals surface area contributed by atoms with Crippen LogP contribution in [0.25, 0.3) is 11.1 Å². The van der Waals surface area contributed by atoms with Gasteiger partial charge in [0.1, 0.15) is 5.44 Å². The van der Waals surface area contributed by atoms with Crippen LogP contribution in [-0.2, 0) is 9.98 Å². The molecule has 42 heavy (non-hydrogen) atoms. The van der Waals surface area contributed by atoms with E-state index in [9.17, 15) is 4.57 Å². The molecular formula is C38H31N2OP. The first-order valence-corrected chi connectivity index (χ1v) is 16.0. The molecule has 0 spiro atoms. The van der Waals surface area contributed by atoms with Crippen molar-refractivity contribution in [2.45, 2.75) is 19.3 Å². The van der Waals surface area contributed by atoms with Crippen molar-refractivity contribution < 1.29 is 4.57 Å². The molecule has 2 heterocycles. The van der Waals surface area contributed by atoms with Crippen LogP contribution >= 0.6 is 7.14 Å². The summed E-state index contributed by atoms with van der Waals surface area (Å²) in [5, 5.41) is 1.55. The third-order valence-corrected chi connectivity index (χ3v) is 11.3. The molecule has 4 heteroatoms. The average Bonchev–Trinajstić information content (AvgIpc) is 3.06. The Bertz CT molecular complexity index is 1860. The summed E-state index contributed by atoms with van der Waals surface area (Å²) in [5.74, 6) is 0. The molecule has 6 aromatic rings. The van der Waals surface area contributed by atoms with Crippen molar-refractivity contribution in [3.63, 3.8) is 0 Å². The molecule has 1 unspecified atom stereocenters. The molecule has 0 aliphatic carbocycles. The van der Waals surface area contributed by atoms with Gasteiger partial charge in [-0.25, -0.2) is 0 Å². The van der Waals surface area contributed by atoms with Crippen LogP contribution in [0, 0.1) is 0 Å². The Kier molecular flexibility index (Phi) is 6.41. The number of para-hydroxylation sites is 2. The summed E-state index contributed by atoms with van der Waals surface area (Å²) in [4.78, 5) is 6.93. The predicted molar refractivity (Wildman–Crippen MR) is 176 cm³/mol. The van der Waals surface area contributed by atoms with Crippen molar-refractivity contribution in [3.8, 4) is 11.1 Å². The standard InChI is InChI=1S/C38H31N2OP/c1-38(2)33-20-6-8-22-35(33)40(36-23-9-7-21-34(36)38)30-16-12-14-28(26-30)29-15-13-19-32(27-29)42(41,31-17-4-3-5-18-31)37-24-10-11-25-39-37/h3-27H,1-2H3. The monoisotopic (exact) mass is 562 g/mol. The minimum atomic E-state index is -3.19. The number of pyridine rings is 1. The van der Waals surface area contributed by atoms with Gasteiger partial charge in [0.15, 0.2) is 7.14 Å². The molecule has 1 atom stereocenters. The van der Waals surface area contributed by atoms with Crippen LogP contribution in [-0.4, -0.2) is 4.98 Å². The SMILES string of the molecule is CC1(C)c2ccccc2N(c2cccc(-c3cccc(P(=O)(c4ccccc4)c4ccccn4)c3)c2)c2ccccc21. The Morgan fingerprint density at radius 1 is 0.571 bits per heavy atom.